The molecule has 0 aliphatic heterocycles. The van der Waals surface area contributed by atoms with E-state index in [9.17, 15) is 13.2 Å². The summed E-state index contributed by atoms with van der Waals surface area (Å²) in [6.45, 7) is 0. The molecule has 7 heteroatoms. The first-order valence-corrected chi connectivity index (χ1v) is 8.07. The van der Waals surface area contributed by atoms with Gasteiger partial charge in [0.25, 0.3) is 0 Å². The number of para-hydroxylation sites is 1. The zero-order chi connectivity index (χ0) is 18.3. The quantitative estimate of drug-likeness (QED) is 0.447. The van der Waals surface area contributed by atoms with Crippen LogP contribution in [0.15, 0.2) is 67.1 Å². The summed E-state index contributed by atoms with van der Waals surface area (Å²) in [5, 5.41) is 0.458. The van der Waals surface area contributed by atoms with Crippen LogP contribution in [0.25, 0.3) is 27.8 Å². The summed E-state index contributed by atoms with van der Waals surface area (Å²) in [7, 11) is 0. The number of rotatable bonds is 2. The second-order valence-electron chi connectivity index (χ2n) is 5.69. The molecule has 0 saturated heterocycles. The Morgan fingerprint density at radius 1 is 0.962 bits per heavy atom. The molecule has 2 heterocycles. The highest BCUT2D eigenvalue weighted by molar-refractivity contribution is 6.35. The van der Waals surface area contributed by atoms with Gasteiger partial charge in [-0.1, -0.05) is 54.1 Å². The number of fused-ring (bicyclic) bond motifs is 1. The first kappa shape index (κ1) is 16.6. The maximum atomic E-state index is 13.1. The van der Waals surface area contributed by atoms with E-state index in [-0.39, 0.29) is 10.5 Å². The zero-order valence-electron chi connectivity index (χ0n) is 13.2. The molecule has 0 aliphatic rings. The van der Waals surface area contributed by atoms with Gasteiger partial charge in [-0.3, -0.25) is 0 Å². The van der Waals surface area contributed by atoms with Crippen molar-refractivity contribution in [1.29, 1.82) is 0 Å². The first-order chi connectivity index (χ1) is 12.4. The third kappa shape index (κ3) is 2.93. The predicted octanol–water partition coefficient (Wildman–Crippen LogP) is 5.76. The van der Waals surface area contributed by atoms with Crippen LogP contribution in [-0.2, 0) is 6.18 Å². The highest BCUT2D eigenvalue weighted by atomic mass is 35.5. The molecule has 2 aromatic carbocycles. The highest BCUT2D eigenvalue weighted by Crippen LogP contribution is 2.34. The van der Waals surface area contributed by atoms with E-state index in [2.05, 4.69) is 9.97 Å². The Hall–Kier alpha value is -2.86. The van der Waals surface area contributed by atoms with Gasteiger partial charge in [0, 0.05) is 17.1 Å². The topological polar surface area (TPSA) is 30.7 Å². The second-order valence-corrected chi connectivity index (χ2v) is 6.10. The number of hydrogen-bond donors (Lipinski definition) is 0. The van der Waals surface area contributed by atoms with Crippen LogP contribution in [0.2, 0.25) is 5.02 Å². The van der Waals surface area contributed by atoms with Crippen molar-refractivity contribution in [2.45, 2.75) is 6.18 Å². The molecule has 0 saturated carbocycles. The third-order valence-electron chi connectivity index (χ3n) is 3.99. The molecule has 2 aromatic heterocycles. The summed E-state index contributed by atoms with van der Waals surface area (Å²) in [6.07, 6.45) is -1.28. The summed E-state index contributed by atoms with van der Waals surface area (Å²) < 4.78 is 41.0. The van der Waals surface area contributed by atoms with Gasteiger partial charge in [-0.25, -0.2) is 9.97 Å². The van der Waals surface area contributed by atoms with Crippen molar-refractivity contribution in [3.63, 3.8) is 0 Å². The minimum absolute atomic E-state index is 0.00701. The fourth-order valence-electron chi connectivity index (χ4n) is 2.76. The average molecular weight is 374 g/mol. The van der Waals surface area contributed by atoms with Crippen molar-refractivity contribution < 1.29 is 13.2 Å². The number of imidazole rings is 1. The van der Waals surface area contributed by atoms with E-state index in [1.165, 1.54) is 0 Å². The van der Waals surface area contributed by atoms with E-state index in [1.807, 2.05) is 30.3 Å². The van der Waals surface area contributed by atoms with Crippen molar-refractivity contribution in [1.82, 2.24) is 14.5 Å². The van der Waals surface area contributed by atoms with E-state index in [4.69, 9.17) is 11.6 Å². The van der Waals surface area contributed by atoms with Gasteiger partial charge in [0.05, 0.1) is 28.2 Å². The minimum Gasteiger partial charge on any atom is -0.303 e. The number of aromatic nitrogens is 3. The van der Waals surface area contributed by atoms with Crippen molar-refractivity contribution >= 4 is 22.5 Å². The first-order valence-electron chi connectivity index (χ1n) is 7.70. The lowest BCUT2D eigenvalue weighted by atomic mass is 10.1. The molecule has 0 N–H and O–H groups in total. The Balaban J connectivity index is 1.90. The Kier molecular flexibility index (Phi) is 3.92. The van der Waals surface area contributed by atoms with Crippen molar-refractivity contribution in [3.8, 4) is 16.9 Å². The minimum atomic E-state index is -4.57. The van der Waals surface area contributed by atoms with E-state index < -0.39 is 11.9 Å². The molecule has 130 valence electrons. The molecule has 4 rings (SSSR count). The molecule has 0 bridgehead atoms. The van der Waals surface area contributed by atoms with E-state index in [0.29, 0.717) is 16.8 Å². The lowest BCUT2D eigenvalue weighted by molar-refractivity contribution is -0.140. The van der Waals surface area contributed by atoms with Crippen LogP contribution in [0.4, 0.5) is 13.2 Å². The largest absolute Gasteiger partial charge is 0.433 e. The normalized spacial score (nSPS) is 11.8. The van der Waals surface area contributed by atoms with Gasteiger partial charge >= 0.3 is 6.18 Å². The molecular formula is C19H11ClF3N3. The van der Waals surface area contributed by atoms with Crippen LogP contribution in [0.5, 0.6) is 0 Å². The van der Waals surface area contributed by atoms with Gasteiger partial charge in [-0.15, -0.1) is 0 Å². The number of nitrogens with zero attached hydrogens (tertiary/aromatic N) is 3. The maximum absolute atomic E-state index is 13.1. The molecule has 0 atom stereocenters. The summed E-state index contributed by atoms with van der Waals surface area (Å²) in [6, 6.07) is 15.4. The van der Waals surface area contributed by atoms with Gasteiger partial charge in [0.1, 0.15) is 5.69 Å². The Bertz CT molecular complexity index is 1090. The van der Waals surface area contributed by atoms with E-state index in [0.717, 1.165) is 11.6 Å². The Morgan fingerprint density at radius 3 is 2.46 bits per heavy atom. The van der Waals surface area contributed by atoms with Crippen molar-refractivity contribution in [2.24, 2.45) is 0 Å². The average Bonchev–Trinajstić information content (AvgIpc) is 3.11. The molecule has 0 unspecified atom stereocenters. The summed E-state index contributed by atoms with van der Waals surface area (Å²) in [5.74, 6) is 0. The van der Waals surface area contributed by atoms with Crippen LogP contribution in [0, 0.1) is 0 Å². The highest BCUT2D eigenvalue weighted by Gasteiger charge is 2.33. The maximum Gasteiger partial charge on any atom is 0.433 e. The van der Waals surface area contributed by atoms with Gasteiger partial charge < -0.3 is 4.57 Å². The molecule has 0 spiro atoms. The standard InChI is InChI=1S/C19H11ClF3N3/c20-14-9-17(19(21,22)23)25-18-13(14)7-4-8-16(18)26-10-15(24-11-26)12-5-2-1-3-6-12/h1-11H. The lowest BCUT2D eigenvalue weighted by Gasteiger charge is -2.11. The van der Waals surface area contributed by atoms with E-state index >= 15 is 0 Å². The van der Waals surface area contributed by atoms with E-state index in [1.54, 1.807) is 35.3 Å². The number of alkyl halides is 3. The zero-order valence-corrected chi connectivity index (χ0v) is 14.0. The predicted molar refractivity (Wildman–Crippen MR) is 94.3 cm³/mol. The number of benzene rings is 2. The van der Waals surface area contributed by atoms with Crippen molar-refractivity contribution in [3.05, 3.63) is 77.8 Å². The van der Waals surface area contributed by atoms with Crippen LogP contribution in [0.1, 0.15) is 5.69 Å². The lowest BCUT2D eigenvalue weighted by Crippen LogP contribution is -2.08. The SMILES string of the molecule is FC(F)(F)c1cc(Cl)c2cccc(-n3cnc(-c4ccccc4)c3)c2n1. The molecule has 4 aromatic rings. The van der Waals surface area contributed by atoms with Crippen LogP contribution in [-0.4, -0.2) is 14.5 Å². The number of pyridine rings is 1. The Labute approximate surface area is 151 Å². The van der Waals surface area contributed by atoms with Crippen LogP contribution >= 0.6 is 11.6 Å². The summed E-state index contributed by atoms with van der Waals surface area (Å²) in [4.78, 5) is 8.15. The Morgan fingerprint density at radius 2 is 1.73 bits per heavy atom. The summed E-state index contributed by atoms with van der Waals surface area (Å²) >= 11 is 6.06. The monoisotopic (exact) mass is 373 g/mol. The van der Waals surface area contributed by atoms with Crippen LogP contribution < -0.4 is 0 Å². The molecule has 0 radical (unpaired) electrons. The molecule has 26 heavy (non-hydrogen) atoms. The van der Waals surface area contributed by atoms with Gasteiger partial charge in [0.2, 0.25) is 0 Å². The molecular weight excluding hydrogens is 363 g/mol. The molecule has 0 fully saturated rings. The smallest absolute Gasteiger partial charge is 0.303 e. The van der Waals surface area contributed by atoms with Crippen LogP contribution in [0.3, 0.4) is 0 Å². The third-order valence-corrected chi connectivity index (χ3v) is 4.30. The fraction of sp³-hybridized carbons (Fsp3) is 0.0526. The summed E-state index contributed by atoms with van der Waals surface area (Å²) in [5.41, 5.74) is 1.24. The second kappa shape index (κ2) is 6.14. The fourth-order valence-corrected chi connectivity index (χ4v) is 3.01. The van der Waals surface area contributed by atoms with Gasteiger partial charge in [-0.2, -0.15) is 13.2 Å². The molecule has 0 aliphatic carbocycles. The number of hydrogen-bond acceptors (Lipinski definition) is 2. The molecule has 0 amide bonds. The van der Waals surface area contributed by atoms with Gasteiger partial charge in [0.15, 0.2) is 0 Å². The number of halogens is 4. The van der Waals surface area contributed by atoms with Gasteiger partial charge in [-0.05, 0) is 12.1 Å². The molecule has 3 nitrogen and oxygen atoms in total. The van der Waals surface area contributed by atoms with Crippen molar-refractivity contribution in [2.75, 3.05) is 0 Å².